The molecule has 3 rings (SSSR count). The summed E-state index contributed by atoms with van der Waals surface area (Å²) in [6, 6.07) is 0. The van der Waals surface area contributed by atoms with Crippen molar-refractivity contribution in [3.8, 4) is 0 Å². The molecule has 0 amide bonds. The van der Waals surface area contributed by atoms with Gasteiger partial charge in [-0.3, -0.25) is 0 Å². The van der Waals surface area contributed by atoms with Crippen molar-refractivity contribution in [2.75, 3.05) is 0 Å². The Balaban J connectivity index is 1.65. The van der Waals surface area contributed by atoms with E-state index in [9.17, 15) is 0 Å². The molecule has 0 nitrogen and oxygen atoms in total. The Labute approximate surface area is 100 Å². The maximum absolute atomic E-state index is 3.96. The SMILES string of the molecule is Br[C@H]1CCCC[C@@H]1[Se+]1C2CCCCC21. The summed E-state index contributed by atoms with van der Waals surface area (Å²) in [5, 5.41) is 0. The van der Waals surface area contributed by atoms with E-state index in [4.69, 9.17) is 0 Å². The van der Waals surface area contributed by atoms with Crippen LogP contribution in [0, 0.1) is 0 Å². The van der Waals surface area contributed by atoms with E-state index in [1.165, 1.54) is 33.7 Å². The molecule has 1 saturated heterocycles. The van der Waals surface area contributed by atoms with Gasteiger partial charge in [-0.2, -0.15) is 0 Å². The van der Waals surface area contributed by atoms with Crippen LogP contribution in [-0.4, -0.2) is 18.7 Å². The van der Waals surface area contributed by atoms with Crippen molar-refractivity contribution in [3.63, 3.8) is 0 Å². The zero-order valence-corrected chi connectivity index (χ0v) is 12.1. The minimum atomic E-state index is -0.133. The van der Waals surface area contributed by atoms with Gasteiger partial charge in [-0.05, 0) is 0 Å². The molecule has 2 aliphatic carbocycles. The monoisotopic (exact) mass is 323 g/mol. The van der Waals surface area contributed by atoms with E-state index in [2.05, 4.69) is 15.9 Å². The van der Waals surface area contributed by atoms with E-state index in [-0.39, 0.29) is 13.9 Å². The molecule has 0 bridgehead atoms. The molecule has 3 fully saturated rings. The maximum atomic E-state index is 3.96. The van der Waals surface area contributed by atoms with Gasteiger partial charge in [0, 0.05) is 0 Å². The average Bonchev–Trinajstić information content (AvgIpc) is 2.93. The van der Waals surface area contributed by atoms with Crippen LogP contribution in [0.25, 0.3) is 0 Å². The van der Waals surface area contributed by atoms with Crippen molar-refractivity contribution in [2.45, 2.75) is 70.6 Å². The number of halogens is 1. The van der Waals surface area contributed by atoms with Gasteiger partial charge in [0.2, 0.25) is 0 Å². The van der Waals surface area contributed by atoms with Gasteiger partial charge < -0.3 is 0 Å². The van der Waals surface area contributed by atoms with Crippen LogP contribution < -0.4 is 0 Å². The van der Waals surface area contributed by atoms with Crippen molar-refractivity contribution < 1.29 is 0 Å². The van der Waals surface area contributed by atoms with Gasteiger partial charge in [0.15, 0.2) is 0 Å². The standard InChI is InChI=1S/C12H20BrSe/c13-9-5-1-2-6-10(9)14-11-7-3-4-8-12(11)14/h9-12H,1-8H2/q+1/t9-,10-,11?,12?,14?/m0/s1. The first-order valence-corrected chi connectivity index (χ1v) is 10.1. The molecule has 0 aromatic carbocycles. The number of hydrogen-bond acceptors (Lipinski definition) is 0. The molecule has 1 heterocycles. The van der Waals surface area contributed by atoms with E-state index in [1.54, 1.807) is 32.1 Å². The van der Waals surface area contributed by atoms with Gasteiger partial charge in [0.05, 0.1) is 0 Å². The number of hydrogen-bond donors (Lipinski definition) is 0. The molecule has 4 atom stereocenters. The topological polar surface area (TPSA) is 0 Å². The molecular formula is C12H20BrSe+. The molecule has 0 spiro atoms. The van der Waals surface area contributed by atoms with E-state index < -0.39 is 0 Å². The molecule has 2 unspecified atom stereocenters. The molecule has 0 N–H and O–H groups in total. The van der Waals surface area contributed by atoms with Gasteiger partial charge >= 0.3 is 100 Å². The summed E-state index contributed by atoms with van der Waals surface area (Å²) in [6.45, 7) is 0. The van der Waals surface area contributed by atoms with E-state index in [0.717, 1.165) is 4.83 Å². The molecule has 14 heavy (non-hydrogen) atoms. The molecule has 2 saturated carbocycles. The number of rotatable bonds is 1. The fourth-order valence-corrected chi connectivity index (χ4v) is 13.6. The van der Waals surface area contributed by atoms with Crippen molar-refractivity contribution in [2.24, 2.45) is 0 Å². The van der Waals surface area contributed by atoms with E-state index in [0.29, 0.717) is 0 Å². The fourth-order valence-electron chi connectivity index (χ4n) is 3.46. The number of alkyl halides is 1. The van der Waals surface area contributed by atoms with Crippen LogP contribution in [0.15, 0.2) is 0 Å². The third-order valence-electron chi connectivity index (χ3n) is 4.24. The van der Waals surface area contributed by atoms with Gasteiger partial charge in [0.1, 0.15) is 0 Å². The third-order valence-corrected chi connectivity index (χ3v) is 13.4. The van der Waals surface area contributed by atoms with Crippen LogP contribution in [0.1, 0.15) is 51.4 Å². The molecule has 1 aliphatic heterocycles. The Hall–Kier alpha value is 0.999. The van der Waals surface area contributed by atoms with Crippen molar-refractivity contribution in [3.05, 3.63) is 0 Å². The Morgan fingerprint density at radius 3 is 1.79 bits per heavy atom. The molecule has 2 heteroatoms. The Morgan fingerprint density at radius 1 is 0.714 bits per heavy atom. The summed E-state index contributed by atoms with van der Waals surface area (Å²) in [4.78, 5) is 4.67. The fraction of sp³-hybridized carbons (Fsp3) is 1.00. The Morgan fingerprint density at radius 2 is 1.21 bits per heavy atom. The van der Waals surface area contributed by atoms with Gasteiger partial charge in [-0.15, -0.1) is 0 Å². The zero-order valence-electron chi connectivity index (χ0n) is 8.75. The number of fused-ring (bicyclic) bond motifs is 1. The Bertz CT molecular complexity index is 206. The van der Waals surface area contributed by atoms with Gasteiger partial charge in [-0.25, -0.2) is 0 Å². The van der Waals surface area contributed by atoms with E-state index in [1.807, 2.05) is 0 Å². The summed E-state index contributed by atoms with van der Waals surface area (Å²) in [6.07, 6.45) is 12.4. The molecule has 3 aliphatic rings. The summed E-state index contributed by atoms with van der Waals surface area (Å²) >= 11 is 3.83. The molecule has 0 aromatic heterocycles. The molecule has 0 radical (unpaired) electrons. The predicted octanol–water partition coefficient (Wildman–Crippen LogP) is 4.52. The van der Waals surface area contributed by atoms with Crippen LogP contribution in [0.2, 0.25) is 14.4 Å². The molecule has 0 aromatic rings. The van der Waals surface area contributed by atoms with Crippen molar-refractivity contribution >= 4 is 29.8 Å². The van der Waals surface area contributed by atoms with Gasteiger partial charge in [0.25, 0.3) is 0 Å². The quantitative estimate of drug-likeness (QED) is 0.492. The predicted molar refractivity (Wildman–Crippen MR) is 66.7 cm³/mol. The zero-order chi connectivity index (χ0) is 9.54. The second-order valence-corrected chi connectivity index (χ2v) is 11.8. The first-order valence-electron chi connectivity index (χ1n) is 6.22. The first-order chi connectivity index (χ1) is 6.88. The van der Waals surface area contributed by atoms with Gasteiger partial charge in [-0.1, -0.05) is 0 Å². The Kier molecular flexibility index (Phi) is 2.98. The van der Waals surface area contributed by atoms with Crippen molar-refractivity contribution in [1.82, 2.24) is 0 Å². The molecule has 80 valence electrons. The summed E-state index contributed by atoms with van der Waals surface area (Å²) in [5.41, 5.74) is 0. The van der Waals surface area contributed by atoms with Crippen LogP contribution in [-0.2, 0) is 0 Å². The molecular weight excluding hydrogens is 303 g/mol. The van der Waals surface area contributed by atoms with E-state index >= 15 is 0 Å². The first kappa shape index (κ1) is 10.2. The van der Waals surface area contributed by atoms with Crippen molar-refractivity contribution in [1.29, 1.82) is 0 Å². The third kappa shape index (κ3) is 1.72. The van der Waals surface area contributed by atoms with Crippen LogP contribution in [0.3, 0.4) is 0 Å². The summed E-state index contributed by atoms with van der Waals surface area (Å²) in [7, 11) is 0. The van der Waals surface area contributed by atoms with Crippen LogP contribution >= 0.6 is 15.9 Å². The van der Waals surface area contributed by atoms with Crippen LogP contribution in [0.4, 0.5) is 0 Å². The summed E-state index contributed by atoms with van der Waals surface area (Å²) < 4.78 is 0. The van der Waals surface area contributed by atoms with Crippen LogP contribution in [0.5, 0.6) is 0 Å². The normalized spacial score (nSPS) is 52.5. The summed E-state index contributed by atoms with van der Waals surface area (Å²) in [5.74, 6) is 0. The second-order valence-electron chi connectivity index (χ2n) is 5.11. The minimum absolute atomic E-state index is 0.133. The average molecular weight is 323 g/mol. The second kappa shape index (κ2) is 4.11.